The fourth-order valence-corrected chi connectivity index (χ4v) is 2.94. The molecule has 0 unspecified atom stereocenters. The van der Waals surface area contributed by atoms with Crippen LogP contribution in [0.3, 0.4) is 0 Å². The third kappa shape index (κ3) is 3.15. The molecular formula is C17H21N5O2. The molecule has 0 aromatic carbocycles. The number of hydrogen-bond donors (Lipinski definition) is 1. The molecule has 0 atom stereocenters. The van der Waals surface area contributed by atoms with Gasteiger partial charge < -0.3 is 10.2 Å². The SMILES string of the molecule is Cc1cc(C)n(CCNC(=O)c2ccc3c(n2)N(C)CC3)c(=O)n1. The Bertz CT molecular complexity index is 843. The van der Waals surface area contributed by atoms with E-state index in [2.05, 4.69) is 15.3 Å². The van der Waals surface area contributed by atoms with Crippen LogP contribution in [-0.2, 0) is 13.0 Å². The van der Waals surface area contributed by atoms with Gasteiger partial charge >= 0.3 is 5.69 Å². The van der Waals surface area contributed by atoms with Crippen molar-refractivity contribution in [2.75, 3.05) is 25.0 Å². The fourth-order valence-electron chi connectivity index (χ4n) is 2.94. The van der Waals surface area contributed by atoms with Gasteiger partial charge in [-0.1, -0.05) is 6.07 Å². The first-order valence-corrected chi connectivity index (χ1v) is 8.00. The summed E-state index contributed by atoms with van der Waals surface area (Å²) in [6, 6.07) is 5.55. The number of rotatable bonds is 4. The van der Waals surface area contributed by atoms with Gasteiger partial charge in [0.2, 0.25) is 0 Å². The van der Waals surface area contributed by atoms with Crippen LogP contribution in [0.1, 0.15) is 27.4 Å². The topological polar surface area (TPSA) is 80.1 Å². The predicted molar refractivity (Wildman–Crippen MR) is 91.5 cm³/mol. The summed E-state index contributed by atoms with van der Waals surface area (Å²) in [5.41, 5.74) is 2.80. The lowest BCUT2D eigenvalue weighted by molar-refractivity contribution is 0.0947. The number of anilines is 1. The van der Waals surface area contributed by atoms with Crippen molar-refractivity contribution in [2.24, 2.45) is 0 Å². The molecule has 0 saturated carbocycles. The van der Waals surface area contributed by atoms with E-state index in [4.69, 9.17) is 0 Å². The third-order valence-corrected chi connectivity index (χ3v) is 4.23. The molecule has 1 N–H and O–H groups in total. The molecule has 0 bridgehead atoms. The number of nitrogens with zero attached hydrogens (tertiary/aromatic N) is 4. The molecule has 24 heavy (non-hydrogen) atoms. The second-order valence-corrected chi connectivity index (χ2v) is 6.08. The number of likely N-dealkylation sites (N-methyl/N-ethyl adjacent to an activating group) is 1. The largest absolute Gasteiger partial charge is 0.359 e. The summed E-state index contributed by atoms with van der Waals surface area (Å²) in [6.45, 7) is 5.30. The van der Waals surface area contributed by atoms with Gasteiger partial charge in [0.05, 0.1) is 0 Å². The molecule has 1 aliphatic rings. The number of aromatic nitrogens is 3. The number of carbonyl (C=O) groups is 1. The number of amides is 1. The quantitative estimate of drug-likeness (QED) is 0.893. The molecule has 0 saturated heterocycles. The molecule has 3 heterocycles. The van der Waals surface area contributed by atoms with Gasteiger partial charge in [0.25, 0.3) is 5.91 Å². The molecule has 2 aromatic heterocycles. The van der Waals surface area contributed by atoms with Crippen LogP contribution < -0.4 is 15.9 Å². The van der Waals surface area contributed by atoms with Crippen LogP contribution in [0.2, 0.25) is 0 Å². The average Bonchev–Trinajstić information content (AvgIpc) is 2.90. The number of carbonyl (C=O) groups excluding carboxylic acids is 1. The van der Waals surface area contributed by atoms with E-state index < -0.39 is 0 Å². The van der Waals surface area contributed by atoms with Gasteiger partial charge in [-0.05, 0) is 38.0 Å². The van der Waals surface area contributed by atoms with Crippen LogP contribution in [0, 0.1) is 13.8 Å². The zero-order chi connectivity index (χ0) is 17.3. The highest BCUT2D eigenvalue weighted by Crippen LogP contribution is 2.24. The smallest absolute Gasteiger partial charge is 0.348 e. The number of fused-ring (bicyclic) bond motifs is 1. The van der Waals surface area contributed by atoms with Crippen molar-refractivity contribution in [3.63, 3.8) is 0 Å². The summed E-state index contributed by atoms with van der Waals surface area (Å²) in [4.78, 5) is 34.6. The standard InChI is InChI=1S/C17H21N5O2/c1-11-10-12(2)22(17(24)19-11)9-7-18-16(23)14-5-4-13-6-8-21(3)15(13)20-14/h4-5,10H,6-9H2,1-3H3,(H,18,23). The first-order chi connectivity index (χ1) is 11.5. The van der Waals surface area contributed by atoms with E-state index in [-0.39, 0.29) is 11.6 Å². The third-order valence-electron chi connectivity index (χ3n) is 4.23. The van der Waals surface area contributed by atoms with Crippen molar-refractivity contribution in [3.8, 4) is 0 Å². The van der Waals surface area contributed by atoms with Gasteiger partial charge in [0.1, 0.15) is 11.5 Å². The molecule has 0 radical (unpaired) electrons. The molecule has 1 amide bonds. The van der Waals surface area contributed by atoms with E-state index in [0.717, 1.165) is 24.5 Å². The summed E-state index contributed by atoms with van der Waals surface area (Å²) in [6.07, 6.45) is 0.962. The van der Waals surface area contributed by atoms with Gasteiger partial charge in [0.15, 0.2) is 0 Å². The van der Waals surface area contributed by atoms with Crippen LogP contribution >= 0.6 is 0 Å². The Kier molecular flexibility index (Phi) is 4.33. The van der Waals surface area contributed by atoms with Crippen LogP contribution in [-0.4, -0.2) is 40.6 Å². The van der Waals surface area contributed by atoms with Crippen molar-refractivity contribution in [2.45, 2.75) is 26.8 Å². The number of aryl methyl sites for hydroxylation is 2. The maximum absolute atomic E-state index is 12.3. The van der Waals surface area contributed by atoms with E-state index in [0.29, 0.717) is 24.5 Å². The molecule has 1 aliphatic heterocycles. The average molecular weight is 327 g/mol. The number of pyridine rings is 1. The maximum Gasteiger partial charge on any atom is 0.348 e. The number of hydrogen-bond acceptors (Lipinski definition) is 5. The van der Waals surface area contributed by atoms with Gasteiger partial charge in [-0.25, -0.2) is 9.78 Å². The Hall–Kier alpha value is -2.70. The molecular weight excluding hydrogens is 306 g/mol. The van der Waals surface area contributed by atoms with Gasteiger partial charge in [-0.15, -0.1) is 0 Å². The zero-order valence-corrected chi connectivity index (χ0v) is 14.2. The summed E-state index contributed by atoms with van der Waals surface area (Å²) < 4.78 is 1.55. The highest BCUT2D eigenvalue weighted by Gasteiger charge is 2.19. The van der Waals surface area contributed by atoms with E-state index in [1.165, 1.54) is 5.56 Å². The minimum absolute atomic E-state index is 0.233. The highest BCUT2D eigenvalue weighted by atomic mass is 16.2. The van der Waals surface area contributed by atoms with Crippen LogP contribution in [0.15, 0.2) is 23.0 Å². The summed E-state index contributed by atoms with van der Waals surface area (Å²) in [5, 5.41) is 2.82. The molecule has 7 nitrogen and oxygen atoms in total. The molecule has 0 fully saturated rings. The van der Waals surface area contributed by atoms with Crippen molar-refractivity contribution in [1.29, 1.82) is 0 Å². The van der Waals surface area contributed by atoms with Crippen molar-refractivity contribution < 1.29 is 4.79 Å². The Balaban J connectivity index is 1.65. The second kappa shape index (κ2) is 6.43. The minimum atomic E-state index is -0.293. The van der Waals surface area contributed by atoms with E-state index >= 15 is 0 Å². The molecule has 7 heteroatoms. The van der Waals surface area contributed by atoms with Crippen LogP contribution in [0.4, 0.5) is 5.82 Å². The first-order valence-electron chi connectivity index (χ1n) is 8.00. The summed E-state index contributed by atoms with van der Waals surface area (Å²) >= 11 is 0. The Labute approximate surface area is 140 Å². The maximum atomic E-state index is 12.3. The lowest BCUT2D eigenvalue weighted by Gasteiger charge is -2.12. The summed E-state index contributed by atoms with van der Waals surface area (Å²) in [7, 11) is 1.97. The van der Waals surface area contributed by atoms with Gasteiger partial charge in [0, 0.05) is 38.1 Å². The summed E-state index contributed by atoms with van der Waals surface area (Å²) in [5.74, 6) is 0.640. The van der Waals surface area contributed by atoms with Gasteiger partial charge in [-0.2, -0.15) is 4.98 Å². The Morgan fingerprint density at radius 2 is 2.08 bits per heavy atom. The lowest BCUT2D eigenvalue weighted by atomic mass is 10.2. The number of nitrogens with one attached hydrogen (secondary N) is 1. The Morgan fingerprint density at radius 1 is 1.29 bits per heavy atom. The lowest BCUT2D eigenvalue weighted by Crippen LogP contribution is -2.33. The van der Waals surface area contributed by atoms with Crippen molar-refractivity contribution in [3.05, 3.63) is 51.3 Å². The van der Waals surface area contributed by atoms with E-state index in [1.807, 2.05) is 31.0 Å². The van der Waals surface area contributed by atoms with E-state index in [9.17, 15) is 9.59 Å². The monoisotopic (exact) mass is 327 g/mol. The molecule has 3 rings (SSSR count). The molecule has 126 valence electrons. The molecule has 2 aromatic rings. The highest BCUT2D eigenvalue weighted by molar-refractivity contribution is 5.92. The first kappa shape index (κ1) is 16.2. The van der Waals surface area contributed by atoms with Crippen molar-refractivity contribution in [1.82, 2.24) is 19.9 Å². The Morgan fingerprint density at radius 3 is 2.83 bits per heavy atom. The molecule has 0 spiro atoms. The van der Waals surface area contributed by atoms with E-state index in [1.54, 1.807) is 17.6 Å². The second-order valence-electron chi connectivity index (χ2n) is 6.08. The fraction of sp³-hybridized carbons (Fsp3) is 0.412. The normalized spacial score (nSPS) is 13.0. The zero-order valence-electron chi connectivity index (χ0n) is 14.2. The van der Waals surface area contributed by atoms with Gasteiger partial charge in [-0.3, -0.25) is 9.36 Å². The van der Waals surface area contributed by atoms with Crippen molar-refractivity contribution >= 4 is 11.7 Å². The predicted octanol–water partition coefficient (Wildman–Crippen LogP) is 0.677. The van der Waals surface area contributed by atoms with Crippen LogP contribution in [0.25, 0.3) is 0 Å². The van der Waals surface area contributed by atoms with Crippen LogP contribution in [0.5, 0.6) is 0 Å². The minimum Gasteiger partial charge on any atom is -0.359 e. The molecule has 0 aliphatic carbocycles.